The summed E-state index contributed by atoms with van der Waals surface area (Å²) in [5.41, 5.74) is 7.12. The first kappa shape index (κ1) is 16.8. The Bertz CT molecular complexity index is 681. The van der Waals surface area contributed by atoms with E-state index in [1.165, 1.54) is 12.8 Å². The first-order valence-corrected chi connectivity index (χ1v) is 8.81. The molecule has 1 fully saturated rings. The van der Waals surface area contributed by atoms with Crippen molar-refractivity contribution in [3.63, 3.8) is 0 Å². The molecule has 0 amide bonds. The number of aromatic hydroxyl groups is 1. The fourth-order valence-corrected chi connectivity index (χ4v) is 4.00. The quantitative estimate of drug-likeness (QED) is 0.833. The van der Waals surface area contributed by atoms with Gasteiger partial charge in [-0.25, -0.2) is 0 Å². The number of phenols is 1. The molecule has 2 atom stereocenters. The molecular weight excluding hydrogens is 298 g/mol. The summed E-state index contributed by atoms with van der Waals surface area (Å²) < 4.78 is 5.88. The second-order valence-electron chi connectivity index (χ2n) is 7.34. The molecule has 2 unspecified atom stereocenters. The fourth-order valence-electron chi connectivity index (χ4n) is 4.00. The van der Waals surface area contributed by atoms with Crippen LogP contribution in [0.4, 0.5) is 0 Å². The van der Waals surface area contributed by atoms with Crippen LogP contribution in [0.3, 0.4) is 0 Å². The summed E-state index contributed by atoms with van der Waals surface area (Å²) in [6.07, 6.45) is 4.59. The van der Waals surface area contributed by atoms with E-state index in [2.05, 4.69) is 13.8 Å². The average Bonchev–Trinajstić information content (AvgIpc) is 2.58. The van der Waals surface area contributed by atoms with Gasteiger partial charge >= 0.3 is 0 Å². The van der Waals surface area contributed by atoms with Gasteiger partial charge in [0.15, 0.2) is 11.5 Å². The molecule has 1 saturated carbocycles. The minimum atomic E-state index is -0.194. The molecule has 0 spiro atoms. The van der Waals surface area contributed by atoms with Crippen LogP contribution < -0.4 is 10.5 Å². The third-order valence-corrected chi connectivity index (χ3v) is 5.41. The van der Waals surface area contributed by atoms with Crippen molar-refractivity contribution in [3.8, 4) is 17.2 Å². The Labute approximate surface area is 144 Å². The molecular formula is C21H27NO2. The first-order valence-electron chi connectivity index (χ1n) is 8.81. The molecule has 0 aromatic heterocycles. The molecule has 3 heteroatoms. The summed E-state index contributed by atoms with van der Waals surface area (Å²) in [6, 6.07) is 15.5. The van der Waals surface area contributed by atoms with E-state index in [1.54, 1.807) is 0 Å². The van der Waals surface area contributed by atoms with Gasteiger partial charge in [-0.3, -0.25) is 0 Å². The highest BCUT2D eigenvalue weighted by molar-refractivity contribution is 5.50. The molecule has 0 heterocycles. The number of nitrogens with two attached hydrogens (primary N) is 1. The van der Waals surface area contributed by atoms with Gasteiger partial charge in [-0.1, -0.05) is 57.0 Å². The molecule has 0 radical (unpaired) electrons. The van der Waals surface area contributed by atoms with Crippen LogP contribution in [0, 0.1) is 5.92 Å². The molecule has 3 N–H and O–H groups in total. The van der Waals surface area contributed by atoms with Gasteiger partial charge < -0.3 is 15.6 Å². The van der Waals surface area contributed by atoms with Gasteiger partial charge in [0.2, 0.25) is 0 Å². The van der Waals surface area contributed by atoms with Crippen molar-refractivity contribution in [2.24, 2.45) is 11.7 Å². The number of ether oxygens (including phenoxy) is 1. The van der Waals surface area contributed by atoms with E-state index in [1.807, 2.05) is 48.5 Å². The summed E-state index contributed by atoms with van der Waals surface area (Å²) in [7, 11) is 0. The summed E-state index contributed by atoms with van der Waals surface area (Å²) >= 11 is 0. The lowest BCUT2D eigenvalue weighted by Gasteiger charge is -2.41. The highest BCUT2D eigenvalue weighted by Crippen LogP contribution is 2.46. The number of para-hydroxylation sites is 2. The van der Waals surface area contributed by atoms with Crippen LogP contribution in [0.25, 0.3) is 0 Å². The lowest BCUT2D eigenvalue weighted by molar-refractivity contribution is 0.199. The van der Waals surface area contributed by atoms with E-state index < -0.39 is 0 Å². The molecule has 0 saturated heterocycles. The summed E-state index contributed by atoms with van der Waals surface area (Å²) in [5, 5.41) is 10.8. The molecule has 128 valence electrons. The zero-order valence-electron chi connectivity index (χ0n) is 14.5. The van der Waals surface area contributed by atoms with Crippen LogP contribution in [-0.4, -0.2) is 11.1 Å². The van der Waals surface area contributed by atoms with Crippen molar-refractivity contribution in [1.82, 2.24) is 0 Å². The fraction of sp³-hybridized carbons (Fsp3) is 0.429. The van der Waals surface area contributed by atoms with Gasteiger partial charge in [-0.05, 0) is 42.4 Å². The second-order valence-corrected chi connectivity index (χ2v) is 7.34. The van der Waals surface area contributed by atoms with Crippen molar-refractivity contribution < 1.29 is 9.84 Å². The van der Waals surface area contributed by atoms with Gasteiger partial charge in [0, 0.05) is 11.6 Å². The Balaban J connectivity index is 1.92. The molecule has 0 aliphatic heterocycles. The van der Waals surface area contributed by atoms with Crippen molar-refractivity contribution in [1.29, 1.82) is 0 Å². The van der Waals surface area contributed by atoms with Crippen molar-refractivity contribution >= 4 is 0 Å². The number of hydrogen-bond donors (Lipinski definition) is 2. The second kappa shape index (κ2) is 6.86. The van der Waals surface area contributed by atoms with Gasteiger partial charge in [0.1, 0.15) is 5.75 Å². The summed E-state index contributed by atoms with van der Waals surface area (Å²) in [6.45, 7) is 4.37. The molecule has 3 rings (SSSR count). The van der Waals surface area contributed by atoms with Crippen LogP contribution >= 0.6 is 0 Å². The smallest absolute Gasteiger partial charge is 0.169 e. The first-order chi connectivity index (χ1) is 11.5. The Morgan fingerprint density at radius 1 is 1.00 bits per heavy atom. The van der Waals surface area contributed by atoms with Crippen LogP contribution in [0.1, 0.15) is 45.1 Å². The Kier molecular flexibility index (Phi) is 4.81. The van der Waals surface area contributed by atoms with Gasteiger partial charge in [-0.2, -0.15) is 0 Å². The van der Waals surface area contributed by atoms with E-state index in [-0.39, 0.29) is 17.2 Å². The minimum absolute atomic E-state index is 0.187. The third kappa shape index (κ3) is 3.27. The highest BCUT2D eigenvalue weighted by atomic mass is 16.5. The van der Waals surface area contributed by atoms with E-state index in [4.69, 9.17) is 10.5 Å². The van der Waals surface area contributed by atoms with Crippen molar-refractivity contribution in [2.75, 3.05) is 0 Å². The zero-order valence-corrected chi connectivity index (χ0v) is 14.5. The minimum Gasteiger partial charge on any atom is -0.504 e. The molecule has 2 aromatic rings. The maximum atomic E-state index is 10.8. The topological polar surface area (TPSA) is 55.5 Å². The molecule has 2 aromatic carbocycles. The van der Waals surface area contributed by atoms with Crippen molar-refractivity contribution in [2.45, 2.75) is 51.0 Å². The maximum absolute atomic E-state index is 10.8. The normalized spacial score (nSPS) is 21.5. The van der Waals surface area contributed by atoms with E-state index in [9.17, 15) is 5.11 Å². The molecule has 24 heavy (non-hydrogen) atoms. The van der Waals surface area contributed by atoms with Crippen LogP contribution in [0.2, 0.25) is 0 Å². The van der Waals surface area contributed by atoms with Crippen LogP contribution in [0.15, 0.2) is 48.5 Å². The lowest BCUT2D eigenvalue weighted by Crippen LogP contribution is -2.44. The van der Waals surface area contributed by atoms with E-state index in [0.29, 0.717) is 11.7 Å². The Morgan fingerprint density at radius 2 is 1.71 bits per heavy atom. The standard InChI is InChI=1S/C21H27NO2/c1-21(2,16-11-6-7-13-18(16)22)17-12-8-14-19(20(17)23)24-15-9-4-3-5-10-15/h3-5,8-10,12,14,16,18,23H,6-7,11,13,22H2,1-2H3. The Morgan fingerprint density at radius 3 is 2.42 bits per heavy atom. The average molecular weight is 325 g/mol. The molecule has 1 aliphatic rings. The molecule has 3 nitrogen and oxygen atoms in total. The highest BCUT2D eigenvalue weighted by Gasteiger charge is 2.38. The summed E-state index contributed by atoms with van der Waals surface area (Å²) in [5.74, 6) is 1.81. The zero-order chi connectivity index (χ0) is 17.2. The van der Waals surface area contributed by atoms with E-state index >= 15 is 0 Å². The van der Waals surface area contributed by atoms with Crippen molar-refractivity contribution in [3.05, 3.63) is 54.1 Å². The van der Waals surface area contributed by atoms with Gasteiger partial charge in [-0.15, -0.1) is 0 Å². The number of benzene rings is 2. The largest absolute Gasteiger partial charge is 0.504 e. The van der Waals surface area contributed by atoms with Crippen LogP contribution in [0.5, 0.6) is 17.2 Å². The Hall–Kier alpha value is -2.00. The van der Waals surface area contributed by atoms with E-state index in [0.717, 1.165) is 24.2 Å². The van der Waals surface area contributed by atoms with Gasteiger partial charge in [0.05, 0.1) is 0 Å². The molecule has 0 bridgehead atoms. The SMILES string of the molecule is CC(C)(c1cccc(Oc2ccccc2)c1O)C1CCCCC1N. The number of hydrogen-bond acceptors (Lipinski definition) is 3. The maximum Gasteiger partial charge on any atom is 0.169 e. The number of rotatable bonds is 4. The molecule has 1 aliphatic carbocycles. The predicted molar refractivity (Wildman–Crippen MR) is 97.6 cm³/mol. The number of phenolic OH excluding ortho intramolecular Hbond substituents is 1. The van der Waals surface area contributed by atoms with Crippen LogP contribution in [-0.2, 0) is 5.41 Å². The van der Waals surface area contributed by atoms with Gasteiger partial charge in [0.25, 0.3) is 0 Å². The third-order valence-electron chi connectivity index (χ3n) is 5.41. The summed E-state index contributed by atoms with van der Waals surface area (Å²) in [4.78, 5) is 0. The monoisotopic (exact) mass is 325 g/mol. The lowest BCUT2D eigenvalue weighted by atomic mass is 9.65. The predicted octanol–water partition coefficient (Wildman–Crippen LogP) is 4.98.